The van der Waals surface area contributed by atoms with Crippen LogP contribution in [-0.4, -0.2) is 64.4 Å². The van der Waals surface area contributed by atoms with E-state index in [9.17, 15) is 14.4 Å². The highest BCUT2D eigenvalue weighted by atomic mass is 16.6. The monoisotopic (exact) mass is 369 g/mol. The zero-order chi connectivity index (χ0) is 19.0. The van der Waals surface area contributed by atoms with Gasteiger partial charge in [0.25, 0.3) is 0 Å². The van der Waals surface area contributed by atoms with Crippen LogP contribution < -0.4 is 0 Å². The first-order valence-corrected chi connectivity index (χ1v) is 9.40. The van der Waals surface area contributed by atoms with Crippen molar-refractivity contribution in [2.24, 2.45) is 0 Å². The number of benzene rings is 1. The number of nitrogens with zero attached hydrogens (tertiary/aromatic N) is 3. The molecule has 27 heavy (non-hydrogen) atoms. The van der Waals surface area contributed by atoms with Gasteiger partial charge in [0.2, 0.25) is 5.91 Å². The van der Waals surface area contributed by atoms with Crippen LogP contribution in [0.3, 0.4) is 0 Å². The molecule has 0 aliphatic carbocycles. The van der Waals surface area contributed by atoms with Gasteiger partial charge >= 0.3 is 6.09 Å². The number of hydrogen-bond acceptors (Lipinski definition) is 4. The number of carbonyl (C=O) groups is 3. The molecular formula is C20H23N3O4. The number of para-hydroxylation sites is 1. The molecule has 2 aliphatic heterocycles. The first kappa shape index (κ1) is 17.6. The van der Waals surface area contributed by atoms with Crippen LogP contribution >= 0.6 is 0 Å². The van der Waals surface area contributed by atoms with Gasteiger partial charge in [0, 0.05) is 48.7 Å². The maximum atomic E-state index is 12.9. The normalized spacial score (nSPS) is 19.3. The van der Waals surface area contributed by atoms with E-state index in [1.165, 1.54) is 0 Å². The summed E-state index contributed by atoms with van der Waals surface area (Å²) < 4.78 is 6.93. The number of carbonyl (C=O) groups excluding carboxylic acids is 3. The van der Waals surface area contributed by atoms with Gasteiger partial charge in [-0.05, 0) is 12.5 Å². The standard InChI is InChI=1S/C20H23N3O4/c1-2-5-18(24)16-11-22(17-7-4-3-6-15(16)17)12-19(25)21-8-9-23-14(10-21)13-27-20(23)26/h3-4,6-7,11,14H,2,5,8-10,12-13H2,1H3/t14-/m0/s1. The van der Waals surface area contributed by atoms with Gasteiger partial charge in [-0.2, -0.15) is 0 Å². The highest BCUT2D eigenvalue weighted by molar-refractivity contribution is 6.08. The fraction of sp³-hybridized carbons (Fsp3) is 0.450. The number of piperazine rings is 1. The molecule has 2 aliphatic rings. The minimum absolute atomic E-state index is 0.00996. The van der Waals surface area contributed by atoms with E-state index in [-0.39, 0.29) is 30.4 Å². The summed E-state index contributed by atoms with van der Waals surface area (Å²) in [5.74, 6) is 0.0966. The Balaban J connectivity index is 1.54. The first-order valence-electron chi connectivity index (χ1n) is 9.40. The van der Waals surface area contributed by atoms with Gasteiger partial charge in [0.1, 0.15) is 13.2 Å². The molecule has 0 saturated carbocycles. The van der Waals surface area contributed by atoms with E-state index in [1.807, 2.05) is 35.8 Å². The highest BCUT2D eigenvalue weighted by Gasteiger charge is 2.38. The maximum absolute atomic E-state index is 12.9. The molecule has 7 nitrogen and oxygen atoms in total. The number of amides is 2. The van der Waals surface area contributed by atoms with E-state index < -0.39 is 0 Å². The summed E-state index contributed by atoms with van der Waals surface area (Å²) in [6.07, 6.45) is 2.81. The fourth-order valence-electron chi connectivity index (χ4n) is 3.92. The third kappa shape index (κ3) is 3.18. The van der Waals surface area contributed by atoms with Crippen LogP contribution in [0.5, 0.6) is 0 Å². The molecule has 142 valence electrons. The minimum atomic E-state index is -0.289. The van der Waals surface area contributed by atoms with Crippen LogP contribution in [0.1, 0.15) is 30.1 Å². The van der Waals surface area contributed by atoms with Crippen molar-refractivity contribution < 1.29 is 19.1 Å². The second-order valence-electron chi connectivity index (χ2n) is 7.12. The number of aromatic nitrogens is 1. The fourth-order valence-corrected chi connectivity index (χ4v) is 3.92. The Kier molecular flexibility index (Phi) is 4.59. The molecule has 2 amide bonds. The zero-order valence-corrected chi connectivity index (χ0v) is 15.4. The average molecular weight is 369 g/mol. The van der Waals surface area contributed by atoms with E-state index in [0.717, 1.165) is 17.3 Å². The summed E-state index contributed by atoms with van der Waals surface area (Å²) in [7, 11) is 0. The molecule has 1 atom stereocenters. The Morgan fingerprint density at radius 1 is 1.22 bits per heavy atom. The molecule has 1 aromatic carbocycles. The number of Topliss-reactive ketones (excluding diaryl/α,β-unsaturated/α-hetero) is 1. The lowest BCUT2D eigenvalue weighted by Gasteiger charge is -2.35. The number of cyclic esters (lactones) is 1. The molecule has 3 heterocycles. The number of ether oxygens (including phenoxy) is 1. The summed E-state index contributed by atoms with van der Waals surface area (Å²) >= 11 is 0. The molecular weight excluding hydrogens is 346 g/mol. The van der Waals surface area contributed by atoms with Crippen LogP contribution in [0.4, 0.5) is 4.79 Å². The molecule has 0 spiro atoms. The van der Waals surface area contributed by atoms with Crippen molar-refractivity contribution in [2.75, 3.05) is 26.2 Å². The van der Waals surface area contributed by atoms with Gasteiger partial charge < -0.3 is 14.2 Å². The van der Waals surface area contributed by atoms with Crippen LogP contribution in [0, 0.1) is 0 Å². The van der Waals surface area contributed by atoms with Crippen molar-refractivity contribution in [1.29, 1.82) is 0 Å². The van der Waals surface area contributed by atoms with Gasteiger partial charge in [0.05, 0.1) is 6.04 Å². The molecule has 2 aromatic rings. The van der Waals surface area contributed by atoms with E-state index >= 15 is 0 Å². The van der Waals surface area contributed by atoms with Gasteiger partial charge in [-0.25, -0.2) is 4.79 Å². The van der Waals surface area contributed by atoms with E-state index in [2.05, 4.69) is 0 Å². The summed E-state index contributed by atoms with van der Waals surface area (Å²) in [6.45, 7) is 4.00. The quantitative estimate of drug-likeness (QED) is 0.758. The van der Waals surface area contributed by atoms with Crippen LogP contribution in [0.25, 0.3) is 10.9 Å². The molecule has 0 bridgehead atoms. The number of fused-ring (bicyclic) bond motifs is 2. The zero-order valence-electron chi connectivity index (χ0n) is 15.4. The van der Waals surface area contributed by atoms with Gasteiger partial charge in [-0.3, -0.25) is 14.5 Å². The topological polar surface area (TPSA) is 71.9 Å². The molecule has 0 N–H and O–H groups in total. The Labute approximate surface area is 157 Å². The molecule has 0 radical (unpaired) electrons. The average Bonchev–Trinajstić information content (AvgIpc) is 3.23. The van der Waals surface area contributed by atoms with Gasteiger partial charge in [0.15, 0.2) is 5.78 Å². The smallest absolute Gasteiger partial charge is 0.410 e. The second-order valence-corrected chi connectivity index (χ2v) is 7.12. The lowest BCUT2D eigenvalue weighted by Crippen LogP contribution is -2.54. The van der Waals surface area contributed by atoms with Crippen molar-refractivity contribution >= 4 is 28.7 Å². The third-order valence-corrected chi connectivity index (χ3v) is 5.34. The number of rotatable bonds is 5. The van der Waals surface area contributed by atoms with Crippen molar-refractivity contribution in [2.45, 2.75) is 32.4 Å². The highest BCUT2D eigenvalue weighted by Crippen LogP contribution is 2.24. The van der Waals surface area contributed by atoms with Crippen LogP contribution in [0.15, 0.2) is 30.5 Å². The lowest BCUT2D eigenvalue weighted by molar-refractivity contribution is -0.133. The van der Waals surface area contributed by atoms with E-state index in [1.54, 1.807) is 16.0 Å². The van der Waals surface area contributed by atoms with Crippen LogP contribution in [-0.2, 0) is 16.1 Å². The third-order valence-electron chi connectivity index (χ3n) is 5.34. The van der Waals surface area contributed by atoms with Gasteiger partial charge in [-0.15, -0.1) is 0 Å². The first-order chi connectivity index (χ1) is 13.1. The van der Waals surface area contributed by atoms with Crippen LogP contribution in [0.2, 0.25) is 0 Å². The lowest BCUT2D eigenvalue weighted by atomic mass is 10.1. The molecule has 4 rings (SSSR count). The molecule has 0 unspecified atom stereocenters. The Morgan fingerprint density at radius 2 is 2.04 bits per heavy atom. The van der Waals surface area contributed by atoms with Crippen molar-refractivity contribution in [3.05, 3.63) is 36.0 Å². The Hall–Kier alpha value is -2.83. The van der Waals surface area contributed by atoms with E-state index in [0.29, 0.717) is 38.2 Å². The van der Waals surface area contributed by atoms with Crippen molar-refractivity contribution in [1.82, 2.24) is 14.4 Å². The van der Waals surface area contributed by atoms with Gasteiger partial charge in [-0.1, -0.05) is 25.1 Å². The predicted molar refractivity (Wildman–Crippen MR) is 99.6 cm³/mol. The van der Waals surface area contributed by atoms with E-state index in [4.69, 9.17) is 4.74 Å². The Bertz CT molecular complexity index is 904. The Morgan fingerprint density at radius 3 is 2.85 bits per heavy atom. The predicted octanol–water partition coefficient (Wildman–Crippen LogP) is 2.29. The molecule has 7 heteroatoms. The number of ketones is 1. The summed E-state index contributed by atoms with van der Waals surface area (Å²) in [4.78, 5) is 40.4. The van der Waals surface area contributed by atoms with Crippen molar-refractivity contribution in [3.63, 3.8) is 0 Å². The summed E-state index contributed by atoms with van der Waals surface area (Å²) in [5.41, 5.74) is 1.57. The summed E-state index contributed by atoms with van der Waals surface area (Å²) in [5, 5.41) is 0.892. The maximum Gasteiger partial charge on any atom is 0.410 e. The minimum Gasteiger partial charge on any atom is -0.447 e. The largest absolute Gasteiger partial charge is 0.447 e. The SMILES string of the molecule is CCCC(=O)c1cn(CC(=O)N2CCN3C(=O)OC[C@@H]3C2)c2ccccc12. The molecule has 1 aromatic heterocycles. The van der Waals surface area contributed by atoms with Crippen molar-refractivity contribution in [3.8, 4) is 0 Å². The molecule has 2 fully saturated rings. The second kappa shape index (κ2) is 7.06. The molecule has 2 saturated heterocycles. The number of hydrogen-bond donors (Lipinski definition) is 0. The summed E-state index contributed by atoms with van der Waals surface area (Å²) in [6, 6.07) is 7.63.